The molecule has 13 aromatic carbocycles. The molecule has 10 N–H and O–H groups in total. The molecule has 137 heavy (non-hydrogen) atoms. The van der Waals surface area contributed by atoms with Crippen LogP contribution in [0.1, 0.15) is 89.2 Å². The molecule has 3 heterocycles. The molecule has 3 saturated heterocycles. The lowest BCUT2D eigenvalue weighted by molar-refractivity contribution is 0.263. The first-order chi connectivity index (χ1) is 65.9. The van der Waals surface area contributed by atoms with Crippen LogP contribution in [0, 0.1) is 0 Å². The smallest absolute Gasteiger partial charge is 0.186 e. The van der Waals surface area contributed by atoms with E-state index in [0.717, 1.165) is 62.1 Å². The first-order valence-corrected chi connectivity index (χ1v) is 67.9. The third-order valence-corrected chi connectivity index (χ3v) is 39.6. The van der Waals surface area contributed by atoms with E-state index < -0.39 is 0 Å². The number of aliphatic hydroxyl groups is 2. The number of aliphatic hydroxyl groups excluding tert-OH is 2. The summed E-state index contributed by atoms with van der Waals surface area (Å²) < 4.78 is 11.3. The van der Waals surface area contributed by atoms with E-state index in [1.54, 1.807) is 77.7 Å². The van der Waals surface area contributed by atoms with Crippen molar-refractivity contribution in [3.8, 4) is 57.5 Å². The number of phenolic OH excluding ortho intramolecular Hbond substituents is 7. The van der Waals surface area contributed by atoms with Gasteiger partial charge in [0.2, 0.25) is 0 Å². The highest BCUT2D eigenvalue weighted by Gasteiger charge is 2.31. The van der Waals surface area contributed by atoms with Gasteiger partial charge in [-0.1, -0.05) is 141 Å². The van der Waals surface area contributed by atoms with Crippen LogP contribution in [0.2, 0.25) is 0 Å². The third-order valence-electron chi connectivity index (χ3n) is 21.4. The number of unbranched alkanes of at least 4 members (excludes halogenated alkanes) is 2. The average molecular weight is 2090 g/mol. The Bertz CT molecular complexity index is 5410. The highest BCUT2D eigenvalue weighted by molar-refractivity contribution is 7.99. The van der Waals surface area contributed by atoms with Crippen molar-refractivity contribution in [3.05, 3.63) is 290 Å². The second kappa shape index (κ2) is 67.2. The van der Waals surface area contributed by atoms with Gasteiger partial charge in [-0.3, -0.25) is 0 Å². The van der Waals surface area contributed by atoms with Crippen LogP contribution in [0.5, 0.6) is 57.5 Å². The summed E-state index contributed by atoms with van der Waals surface area (Å²) in [7, 11) is 3.96. The predicted molar refractivity (Wildman–Crippen MR) is 620 cm³/mol. The number of hydrogen-bond donors (Lipinski definition) is 10. The molecule has 0 aromatic heterocycles. The Kier molecular flexibility index (Phi) is 58.1. The second-order valence-corrected chi connectivity index (χ2v) is 58.8. The molecule has 1 unspecified atom stereocenters. The summed E-state index contributed by atoms with van der Waals surface area (Å²) in [4.78, 5) is 10.4. The van der Waals surface area contributed by atoms with Crippen LogP contribution in [0.15, 0.2) is 318 Å². The van der Waals surface area contributed by atoms with Gasteiger partial charge in [0.25, 0.3) is 0 Å². The molecule has 13 aromatic rings. The maximum Gasteiger partial charge on any atom is 0.186 e. The first kappa shape index (κ1) is 118. The maximum atomic E-state index is 9.82. The van der Waals surface area contributed by atoms with Crippen LogP contribution < -0.4 is 9.47 Å². The summed E-state index contributed by atoms with van der Waals surface area (Å²) in [6, 6.07) is 89.5. The molecule has 3 aliphatic rings. The molecule has 740 valence electrons. The molecule has 0 saturated carbocycles. The fourth-order valence-electron chi connectivity index (χ4n) is 14.1. The molecule has 24 heteroatoms. The Balaban J connectivity index is 0.000000234. The van der Waals surface area contributed by atoms with Gasteiger partial charge in [-0.25, -0.2) is 0 Å². The molecule has 0 bridgehead atoms. The van der Waals surface area contributed by atoms with Crippen LogP contribution in [-0.2, 0) is 133 Å². The highest BCUT2D eigenvalue weighted by Crippen LogP contribution is 2.38. The van der Waals surface area contributed by atoms with E-state index in [-0.39, 0.29) is 96.4 Å². The number of rotatable bonds is 25. The molecule has 16 rings (SSSR count). The monoisotopic (exact) mass is 2090 g/mol. The van der Waals surface area contributed by atoms with Crippen molar-refractivity contribution >= 4 is 164 Å². The first-order valence-electron chi connectivity index (χ1n) is 46.3. The summed E-state index contributed by atoms with van der Waals surface area (Å²) >= 11 is 5.70. The van der Waals surface area contributed by atoms with E-state index in [2.05, 4.69) is 162 Å². The Morgan fingerprint density at radius 2 is 0.686 bits per heavy atom. The fraction of sp³-hybridized carbons (Fsp3) is 0.363. The van der Waals surface area contributed by atoms with E-state index >= 15 is 0 Å². The Labute approximate surface area is 857 Å². The zero-order valence-corrected chi connectivity index (χ0v) is 93.1. The number of benzene rings is 13. The lowest BCUT2D eigenvalue weighted by Crippen LogP contribution is -2.21. The van der Waals surface area contributed by atoms with Crippen LogP contribution >= 0.6 is 11.6 Å². The number of phenols is 8. The minimum atomic E-state index is -0.177. The third kappa shape index (κ3) is 44.0. The number of aromatic hydroxyl groups is 8. The summed E-state index contributed by atoms with van der Waals surface area (Å²) in [5.41, 5.74) is 1.06. The van der Waals surface area contributed by atoms with Gasteiger partial charge in [0.15, 0.2) is 44.4 Å². The van der Waals surface area contributed by atoms with Gasteiger partial charge in [0, 0.05) is 137 Å². The molecule has 1 atom stereocenters. The van der Waals surface area contributed by atoms with Gasteiger partial charge in [-0.05, 0) is 248 Å². The predicted octanol–water partition coefficient (Wildman–Crippen LogP) is 24.4. The highest BCUT2D eigenvalue weighted by atomic mass is 35.5. The fourth-order valence-corrected chi connectivity index (χ4v) is 28.5. The summed E-state index contributed by atoms with van der Waals surface area (Å²) in [6.45, 7) is 5.91. The number of ether oxygens (including phenoxy) is 2. The molecule has 0 radical (unpaired) electrons. The zero-order chi connectivity index (χ0) is 100.0. The van der Waals surface area contributed by atoms with E-state index in [1.165, 1.54) is 151 Å². The molecule has 3 aliphatic heterocycles. The van der Waals surface area contributed by atoms with Crippen LogP contribution in [0.3, 0.4) is 0 Å². The molecule has 12 nitrogen and oxygen atoms in total. The topological polar surface area (TPSA) is 221 Å². The summed E-state index contributed by atoms with van der Waals surface area (Å²) in [6.07, 6.45) is 43.9. The van der Waals surface area contributed by atoms with Crippen molar-refractivity contribution in [1.82, 2.24) is 0 Å². The normalized spacial score (nSPS) is 12.9. The lowest BCUT2D eigenvalue weighted by Gasteiger charge is -2.09. The van der Waals surface area contributed by atoms with Crippen molar-refractivity contribution in [2.75, 3.05) is 164 Å². The van der Waals surface area contributed by atoms with Crippen LogP contribution in [-0.4, -0.2) is 215 Å². The average Bonchev–Trinajstić information content (AvgIpc) is 1.27. The maximum absolute atomic E-state index is 9.82. The van der Waals surface area contributed by atoms with Crippen molar-refractivity contribution in [2.24, 2.45) is 0 Å². The van der Waals surface area contributed by atoms with Crippen molar-refractivity contribution in [3.63, 3.8) is 0 Å². The Hall–Kier alpha value is -7.30. The summed E-state index contributed by atoms with van der Waals surface area (Å²) in [5.74, 6) is 17.2. The molecule has 0 amide bonds. The van der Waals surface area contributed by atoms with Gasteiger partial charge in [0.1, 0.15) is 185 Å². The largest absolute Gasteiger partial charge is 0.508 e. The number of fused-ring (bicyclic) bond motifs is 3. The van der Waals surface area contributed by atoms with Crippen molar-refractivity contribution < 1.29 is 60.5 Å². The minimum Gasteiger partial charge on any atom is -0.508 e. The quantitative estimate of drug-likeness (QED) is 0.0191. The number of para-hydroxylation sites is 2. The molecular weight excluding hydrogens is 1940 g/mol. The van der Waals surface area contributed by atoms with E-state index in [1.807, 2.05) is 146 Å². The van der Waals surface area contributed by atoms with Gasteiger partial charge < -0.3 is 60.5 Å². The zero-order valence-electron chi connectivity index (χ0n) is 83.4. The number of hydrogen-bond acceptors (Lipinski definition) is 12. The van der Waals surface area contributed by atoms with Crippen LogP contribution in [0.25, 0.3) is 32.3 Å². The molecule has 0 spiro atoms. The van der Waals surface area contributed by atoms with Gasteiger partial charge in [0.05, 0.1) is 49.9 Å². The Morgan fingerprint density at radius 1 is 0.314 bits per heavy atom. The van der Waals surface area contributed by atoms with E-state index in [4.69, 9.17) is 41.5 Å². The second-order valence-electron chi connectivity index (χ2n) is 33.7. The van der Waals surface area contributed by atoms with Crippen molar-refractivity contribution in [1.29, 1.82) is 0 Å². The van der Waals surface area contributed by atoms with Crippen molar-refractivity contribution in [2.45, 2.75) is 130 Å². The molecule has 3 fully saturated rings. The van der Waals surface area contributed by atoms with Gasteiger partial charge >= 0.3 is 0 Å². The van der Waals surface area contributed by atoms with Crippen LogP contribution in [0.4, 0.5) is 0 Å². The lowest BCUT2D eigenvalue weighted by atomic mass is 10.1. The Morgan fingerprint density at radius 3 is 1.12 bits per heavy atom. The SMILES string of the molecule is CCCC[S+](CCCC)CCOc1ccccc1.C[S+](C)C.C[S+](C)CCOc1ccccc1.C[S+](C)c1ccc(O)c2ccc(O)cc12.C[S+](C)c1ccc(O)c2cccc(O)c12.C[S+](C)c1ccc(O)c2ccccc12.C[S+](C)c1ccc(O)cc1.C[S+](CCl)c1ccccc1.OCc1cc([S+]2CCCC2)cc(CO)c1O.Oc1ccc([S+]2CCCC2)cc1.c1ccc([S+]2CCCC2)cc1. The minimum absolute atomic E-state index is 0.0385. The number of alkyl halides is 1. The van der Waals surface area contributed by atoms with Gasteiger partial charge in [-0.15, -0.1) is 0 Å². The molecular formula is C113H154ClO12S11+11. The van der Waals surface area contributed by atoms with E-state index in [0.29, 0.717) is 99.1 Å². The van der Waals surface area contributed by atoms with Gasteiger partial charge in [-0.2, -0.15) is 0 Å². The number of halogens is 1. The van der Waals surface area contributed by atoms with E-state index in [9.17, 15) is 30.6 Å². The standard InChI is InChI=1S/C16H27OS.C12H16O3S.2C12H12O2S.C12H12OS.C10H12OS.C10H15OS.C10H13S.C8H10ClS.C8H10OS.C3H9S/c1-3-5-13-18(14-6-4-2)15-12-17-16-10-8-7-9-11-16;13-7-9-5-11(16-3-1-2-4-16)6-10(8-14)12(9)15;1-15(2)12-6-5-11(14)9-4-3-8(13)7-10(9)12;1-15(2)11-7-6-9(13)8-4-3-5-10(14)12(8)11;1-14(2)12-8-7-11(13)9-5-3-4-6-10(9)12;11-9-3-5-10(6-4-9)12-7-1-2-8-12;1-12(2)9-8-11-10-6-4-3-5-7-10;1-2-6-10(7-3-1)11-8-4-5-9-11;1-10(7-9)8-5-3-2-4-6-8;1-10(2)8-5-3-7(9)4-6-8;1-4(2)3/h7-11H,3-6,12-15H2,1-2H3;5-6,13-14H,1-4,7-8H2;2*3-7H,1-2H3,(H-,13,14);3-8H,1-2H3;3-6H,1-2,7-8H2;3-7H,8-9H2,1-2H3;1-3,6-7H,4-5,8-9H2;2-6H,7H2,1H3;3-6H,1-2H3;1-3H3/q+1;;;;;;3*+1;;+1/p+6. The summed E-state index contributed by atoms with van der Waals surface area (Å²) in [5, 5.41) is 101. The molecule has 0 aliphatic carbocycles.